The number of benzene rings is 1. The minimum absolute atomic E-state index is 0.227. The van der Waals surface area contributed by atoms with Crippen molar-refractivity contribution in [1.29, 1.82) is 0 Å². The van der Waals surface area contributed by atoms with Gasteiger partial charge in [0.15, 0.2) is 0 Å². The van der Waals surface area contributed by atoms with Crippen molar-refractivity contribution in [2.24, 2.45) is 0 Å². The highest BCUT2D eigenvalue weighted by Gasteiger charge is 2.39. The van der Waals surface area contributed by atoms with Crippen LogP contribution in [0, 0.1) is 0 Å². The van der Waals surface area contributed by atoms with Crippen molar-refractivity contribution < 1.29 is 22.0 Å². The normalized spacial score (nSPS) is 16.7. The molecule has 1 atom stereocenters. The summed E-state index contributed by atoms with van der Waals surface area (Å²) in [5, 5.41) is 1.47. The van der Waals surface area contributed by atoms with Crippen LogP contribution in [0.1, 0.15) is 49.2 Å². The average molecular weight is 458 g/mol. The Bertz CT molecular complexity index is 1170. The third kappa shape index (κ3) is 4.08. The highest BCUT2D eigenvalue weighted by molar-refractivity contribution is 6.31. The monoisotopic (exact) mass is 457 g/mol. The van der Waals surface area contributed by atoms with Crippen LogP contribution in [0.3, 0.4) is 0 Å². The lowest BCUT2D eigenvalue weighted by Crippen LogP contribution is -2.37. The molecule has 1 aliphatic heterocycles. The standard InChI is InChI=1S/C20H17ClF5N5/c1-9(2)7-14-15-11(12-8-10(21)3-4-13(12)27-15)5-6-31(14)19-29-17(16(22)23)28-18(30-19)20(24,25)26/h3-4,7-8,14,16,27H,5-6H2,1-2H3/t14-/m0/s1. The average Bonchev–Trinajstić information content (AvgIpc) is 3.05. The summed E-state index contributed by atoms with van der Waals surface area (Å²) in [6.07, 6.45) is -5.97. The minimum atomic E-state index is -4.98. The van der Waals surface area contributed by atoms with Crippen LogP contribution in [0.25, 0.3) is 10.9 Å². The maximum Gasteiger partial charge on any atom is 0.451 e. The molecule has 0 unspecified atom stereocenters. The van der Waals surface area contributed by atoms with Crippen molar-refractivity contribution in [3.05, 3.63) is 57.8 Å². The summed E-state index contributed by atoms with van der Waals surface area (Å²) in [6.45, 7) is 3.90. The number of aromatic amines is 1. The van der Waals surface area contributed by atoms with Crippen molar-refractivity contribution in [3.8, 4) is 0 Å². The molecule has 1 aromatic carbocycles. The van der Waals surface area contributed by atoms with Gasteiger partial charge < -0.3 is 9.88 Å². The second-order valence-corrected chi connectivity index (χ2v) is 7.89. The van der Waals surface area contributed by atoms with Gasteiger partial charge >= 0.3 is 6.18 Å². The fourth-order valence-electron chi connectivity index (χ4n) is 3.74. The SMILES string of the molecule is CC(C)=C[C@H]1c2[nH]c3ccc(Cl)cc3c2CCN1c1nc(C(F)F)nc(C(F)(F)F)n1. The van der Waals surface area contributed by atoms with Crippen molar-refractivity contribution >= 4 is 28.5 Å². The Morgan fingerprint density at radius 3 is 2.61 bits per heavy atom. The largest absolute Gasteiger partial charge is 0.451 e. The van der Waals surface area contributed by atoms with E-state index in [1.165, 1.54) is 4.90 Å². The second kappa shape index (κ2) is 7.74. The Hall–Kier alpha value is -2.75. The van der Waals surface area contributed by atoms with E-state index in [1.807, 2.05) is 32.1 Å². The summed E-state index contributed by atoms with van der Waals surface area (Å²) in [5.41, 5.74) is 3.41. The van der Waals surface area contributed by atoms with Crippen LogP contribution < -0.4 is 4.90 Å². The molecule has 2 aromatic heterocycles. The molecule has 3 aromatic rings. The molecular formula is C20H17ClF5N5. The van der Waals surface area contributed by atoms with E-state index in [0.29, 0.717) is 11.4 Å². The predicted molar refractivity (Wildman–Crippen MR) is 106 cm³/mol. The lowest BCUT2D eigenvalue weighted by atomic mass is 9.96. The maximum absolute atomic E-state index is 13.3. The zero-order chi connectivity index (χ0) is 22.5. The number of hydrogen-bond donors (Lipinski definition) is 1. The van der Waals surface area contributed by atoms with E-state index >= 15 is 0 Å². The number of H-pyrrole nitrogens is 1. The Balaban J connectivity index is 1.89. The smallest absolute Gasteiger partial charge is 0.356 e. The summed E-state index contributed by atoms with van der Waals surface area (Å²) in [5.74, 6) is -3.29. The lowest BCUT2D eigenvalue weighted by molar-refractivity contribution is -0.145. The first-order valence-corrected chi connectivity index (χ1v) is 9.75. The number of anilines is 1. The first-order chi connectivity index (χ1) is 14.5. The molecule has 11 heteroatoms. The van der Waals surface area contributed by atoms with Crippen molar-refractivity contribution in [2.45, 2.75) is 38.9 Å². The molecule has 0 amide bonds. The van der Waals surface area contributed by atoms with E-state index in [-0.39, 0.29) is 6.54 Å². The third-order valence-corrected chi connectivity index (χ3v) is 5.21. The van der Waals surface area contributed by atoms with Gasteiger partial charge in [-0.05, 0) is 44.0 Å². The number of fused-ring (bicyclic) bond motifs is 3. The number of alkyl halides is 5. The predicted octanol–water partition coefficient (Wildman–Crippen LogP) is 6.03. The van der Waals surface area contributed by atoms with Crippen LogP contribution in [0.15, 0.2) is 29.8 Å². The Morgan fingerprint density at radius 2 is 1.97 bits per heavy atom. The van der Waals surface area contributed by atoms with Gasteiger partial charge in [0.25, 0.3) is 6.43 Å². The van der Waals surface area contributed by atoms with Gasteiger partial charge in [-0.2, -0.15) is 23.1 Å². The summed E-state index contributed by atoms with van der Waals surface area (Å²) < 4.78 is 66.2. The first-order valence-electron chi connectivity index (χ1n) is 9.37. The molecule has 0 radical (unpaired) electrons. The van der Waals surface area contributed by atoms with E-state index in [9.17, 15) is 22.0 Å². The van der Waals surface area contributed by atoms with Crippen molar-refractivity contribution in [1.82, 2.24) is 19.9 Å². The topological polar surface area (TPSA) is 57.7 Å². The van der Waals surface area contributed by atoms with Gasteiger partial charge in [-0.15, -0.1) is 0 Å². The summed E-state index contributed by atoms with van der Waals surface area (Å²) in [4.78, 5) is 14.8. The number of rotatable bonds is 3. The molecule has 0 bridgehead atoms. The number of allylic oxidation sites excluding steroid dienone is 1. The van der Waals surface area contributed by atoms with E-state index in [1.54, 1.807) is 6.07 Å². The Morgan fingerprint density at radius 1 is 1.23 bits per heavy atom. The number of hydrogen-bond acceptors (Lipinski definition) is 4. The van der Waals surface area contributed by atoms with Crippen molar-refractivity contribution in [2.75, 3.05) is 11.4 Å². The fraction of sp³-hybridized carbons (Fsp3) is 0.350. The molecular weight excluding hydrogens is 441 g/mol. The number of nitrogens with zero attached hydrogens (tertiary/aromatic N) is 4. The van der Waals surface area contributed by atoms with Crippen LogP contribution >= 0.6 is 11.6 Å². The molecule has 0 fully saturated rings. The van der Waals surface area contributed by atoms with Gasteiger partial charge in [-0.3, -0.25) is 0 Å². The molecule has 5 nitrogen and oxygen atoms in total. The molecule has 0 spiro atoms. The molecule has 0 aliphatic carbocycles. The van der Waals surface area contributed by atoms with Crippen LogP contribution in [0.2, 0.25) is 5.02 Å². The quantitative estimate of drug-likeness (QED) is 0.385. The summed E-state index contributed by atoms with van der Waals surface area (Å²) >= 11 is 6.13. The first kappa shape index (κ1) is 21.5. The molecule has 0 saturated heterocycles. The van der Waals surface area contributed by atoms with E-state index in [0.717, 1.165) is 27.7 Å². The van der Waals surface area contributed by atoms with Crippen LogP contribution in [0.4, 0.5) is 27.9 Å². The highest BCUT2D eigenvalue weighted by Crippen LogP contribution is 2.39. The molecule has 3 heterocycles. The Kier molecular flexibility index (Phi) is 5.36. The molecule has 1 aliphatic rings. The second-order valence-electron chi connectivity index (χ2n) is 7.46. The van der Waals surface area contributed by atoms with E-state index in [2.05, 4.69) is 19.9 Å². The molecule has 164 valence electrons. The zero-order valence-electron chi connectivity index (χ0n) is 16.4. The van der Waals surface area contributed by atoms with Crippen LogP contribution in [-0.2, 0) is 12.6 Å². The van der Waals surface area contributed by atoms with Gasteiger partial charge in [0, 0.05) is 28.2 Å². The zero-order valence-corrected chi connectivity index (χ0v) is 17.2. The number of nitrogens with one attached hydrogen (secondary N) is 1. The summed E-state index contributed by atoms with van der Waals surface area (Å²) in [7, 11) is 0. The third-order valence-electron chi connectivity index (χ3n) is 4.97. The molecule has 0 saturated carbocycles. The maximum atomic E-state index is 13.3. The molecule has 1 N–H and O–H groups in total. The molecule has 31 heavy (non-hydrogen) atoms. The van der Waals surface area contributed by atoms with E-state index in [4.69, 9.17) is 11.6 Å². The van der Waals surface area contributed by atoms with Crippen LogP contribution in [0.5, 0.6) is 0 Å². The van der Waals surface area contributed by atoms with Gasteiger partial charge in [0.2, 0.25) is 17.6 Å². The number of halogens is 6. The fourth-order valence-corrected chi connectivity index (χ4v) is 3.91. The Labute approximate surface area is 179 Å². The van der Waals surface area contributed by atoms with Gasteiger partial charge in [0.05, 0.1) is 6.04 Å². The highest BCUT2D eigenvalue weighted by atomic mass is 35.5. The number of aromatic nitrogens is 4. The van der Waals surface area contributed by atoms with Gasteiger partial charge in [-0.25, -0.2) is 13.8 Å². The van der Waals surface area contributed by atoms with Gasteiger partial charge in [-0.1, -0.05) is 23.3 Å². The van der Waals surface area contributed by atoms with Crippen molar-refractivity contribution in [3.63, 3.8) is 0 Å². The molecule has 4 rings (SSSR count). The van der Waals surface area contributed by atoms with Crippen LogP contribution in [-0.4, -0.2) is 26.5 Å². The minimum Gasteiger partial charge on any atom is -0.356 e. The van der Waals surface area contributed by atoms with Gasteiger partial charge in [0.1, 0.15) is 0 Å². The van der Waals surface area contributed by atoms with E-state index < -0.39 is 36.2 Å². The lowest BCUT2D eigenvalue weighted by Gasteiger charge is -2.34. The summed E-state index contributed by atoms with van der Waals surface area (Å²) in [6, 6.07) is 4.80.